The zero-order valence-corrected chi connectivity index (χ0v) is 11.2. The molecule has 1 N–H and O–H groups in total. The summed E-state index contributed by atoms with van der Waals surface area (Å²) in [5, 5.41) is 20.1. The fraction of sp³-hybridized carbons (Fsp3) is 0.462. The molecule has 0 unspecified atom stereocenters. The number of aromatic hydroxyl groups is 1. The number of carbonyl (C=O) groups excluding carboxylic acids is 1. The summed E-state index contributed by atoms with van der Waals surface area (Å²) >= 11 is 0. The molecule has 0 radical (unpaired) electrons. The Morgan fingerprint density at radius 3 is 2.58 bits per heavy atom. The number of benzene rings is 1. The minimum absolute atomic E-state index is 0.0189. The molecule has 0 saturated carbocycles. The van der Waals surface area contributed by atoms with Gasteiger partial charge in [-0.3, -0.25) is 10.1 Å². The van der Waals surface area contributed by atoms with Gasteiger partial charge >= 0.3 is 5.97 Å². The summed E-state index contributed by atoms with van der Waals surface area (Å²) in [7, 11) is 0. The number of phenols is 1. The van der Waals surface area contributed by atoms with E-state index in [1.54, 1.807) is 0 Å². The van der Waals surface area contributed by atoms with Gasteiger partial charge in [-0.2, -0.15) is 0 Å². The van der Waals surface area contributed by atoms with Crippen molar-refractivity contribution in [3.8, 4) is 5.75 Å². The third-order valence-corrected chi connectivity index (χ3v) is 2.50. The van der Waals surface area contributed by atoms with E-state index in [4.69, 9.17) is 4.74 Å². The number of hydrogen-bond donors (Lipinski definition) is 1. The summed E-state index contributed by atoms with van der Waals surface area (Å²) in [5.41, 5.74) is -0.436. The van der Waals surface area contributed by atoms with Crippen molar-refractivity contribution in [2.45, 2.75) is 27.2 Å². The minimum atomic E-state index is -0.759. The van der Waals surface area contributed by atoms with Crippen molar-refractivity contribution in [3.63, 3.8) is 0 Å². The van der Waals surface area contributed by atoms with Crippen LogP contribution in [-0.2, 0) is 4.74 Å². The smallest absolute Gasteiger partial charge is 0.342 e. The Kier molecular flexibility index (Phi) is 4.47. The minimum Gasteiger partial charge on any atom is -0.507 e. The number of carbonyl (C=O) groups is 1. The topological polar surface area (TPSA) is 89.7 Å². The molecule has 0 amide bonds. The van der Waals surface area contributed by atoms with Crippen molar-refractivity contribution >= 4 is 11.7 Å². The first-order chi connectivity index (χ1) is 8.70. The van der Waals surface area contributed by atoms with Crippen LogP contribution in [0, 0.1) is 15.5 Å². The molecule has 0 saturated heterocycles. The third kappa shape index (κ3) is 4.57. The Morgan fingerprint density at radius 2 is 2.05 bits per heavy atom. The predicted molar refractivity (Wildman–Crippen MR) is 69.1 cm³/mol. The van der Waals surface area contributed by atoms with Crippen molar-refractivity contribution in [3.05, 3.63) is 33.9 Å². The maximum Gasteiger partial charge on any atom is 0.342 e. The van der Waals surface area contributed by atoms with Gasteiger partial charge in [-0.25, -0.2) is 4.79 Å². The van der Waals surface area contributed by atoms with Crippen molar-refractivity contribution in [1.82, 2.24) is 0 Å². The molecule has 1 aromatic carbocycles. The summed E-state index contributed by atoms with van der Waals surface area (Å²) in [6.45, 7) is 6.22. The Bertz CT molecular complexity index is 490. The number of nitro groups is 1. The van der Waals surface area contributed by atoms with Crippen LogP contribution in [0.25, 0.3) is 0 Å². The van der Waals surface area contributed by atoms with Crippen molar-refractivity contribution < 1.29 is 19.6 Å². The van der Waals surface area contributed by atoms with E-state index in [2.05, 4.69) is 0 Å². The number of non-ortho nitro benzene ring substituents is 1. The van der Waals surface area contributed by atoms with Crippen LogP contribution in [0.15, 0.2) is 18.2 Å². The van der Waals surface area contributed by atoms with E-state index >= 15 is 0 Å². The molecule has 19 heavy (non-hydrogen) atoms. The first-order valence-corrected chi connectivity index (χ1v) is 5.85. The quantitative estimate of drug-likeness (QED) is 0.514. The Labute approximate surface area is 111 Å². The van der Waals surface area contributed by atoms with E-state index in [9.17, 15) is 20.0 Å². The second kappa shape index (κ2) is 5.69. The van der Waals surface area contributed by atoms with Gasteiger partial charge in [0.15, 0.2) is 0 Å². The van der Waals surface area contributed by atoms with Gasteiger partial charge in [0.1, 0.15) is 11.3 Å². The molecule has 6 heteroatoms. The number of esters is 1. The molecular weight excluding hydrogens is 250 g/mol. The molecule has 6 nitrogen and oxygen atoms in total. The normalized spacial score (nSPS) is 11.1. The first kappa shape index (κ1) is 14.9. The fourth-order valence-corrected chi connectivity index (χ4v) is 1.33. The van der Waals surface area contributed by atoms with Gasteiger partial charge in [0.2, 0.25) is 0 Å². The molecule has 0 spiro atoms. The average Bonchev–Trinajstić information content (AvgIpc) is 2.27. The van der Waals surface area contributed by atoms with Gasteiger partial charge in [-0.05, 0) is 17.9 Å². The van der Waals surface area contributed by atoms with Crippen LogP contribution >= 0.6 is 0 Å². The van der Waals surface area contributed by atoms with E-state index in [0.717, 1.165) is 18.2 Å². The first-order valence-electron chi connectivity index (χ1n) is 5.85. The summed E-state index contributed by atoms with van der Waals surface area (Å²) in [4.78, 5) is 21.7. The molecular formula is C13H17NO5. The third-order valence-electron chi connectivity index (χ3n) is 2.50. The van der Waals surface area contributed by atoms with Gasteiger partial charge < -0.3 is 9.84 Å². The maximum absolute atomic E-state index is 11.7. The van der Waals surface area contributed by atoms with Crippen molar-refractivity contribution in [2.24, 2.45) is 5.41 Å². The van der Waals surface area contributed by atoms with E-state index < -0.39 is 10.9 Å². The van der Waals surface area contributed by atoms with Crippen LogP contribution in [0.5, 0.6) is 5.75 Å². The molecule has 104 valence electrons. The highest BCUT2D eigenvalue weighted by Gasteiger charge is 2.18. The van der Waals surface area contributed by atoms with Gasteiger partial charge in [-0.1, -0.05) is 20.8 Å². The molecule has 0 aromatic heterocycles. The SMILES string of the molecule is CC(C)(C)CCOC(=O)c1cc([N+](=O)[O-])ccc1O. The maximum atomic E-state index is 11.7. The zero-order chi connectivity index (χ0) is 14.6. The highest BCUT2D eigenvalue weighted by Crippen LogP contribution is 2.24. The highest BCUT2D eigenvalue weighted by atomic mass is 16.6. The molecule has 0 fully saturated rings. The van der Waals surface area contributed by atoms with E-state index in [1.807, 2.05) is 20.8 Å². The fourth-order valence-electron chi connectivity index (χ4n) is 1.33. The number of hydrogen-bond acceptors (Lipinski definition) is 5. The van der Waals surface area contributed by atoms with Crippen LogP contribution < -0.4 is 0 Å². The van der Waals surface area contributed by atoms with Gasteiger partial charge in [0, 0.05) is 12.1 Å². The van der Waals surface area contributed by atoms with Crippen LogP contribution in [0.2, 0.25) is 0 Å². The molecule has 1 rings (SSSR count). The molecule has 1 aromatic rings. The lowest BCUT2D eigenvalue weighted by molar-refractivity contribution is -0.384. The predicted octanol–water partition coefficient (Wildman–Crippen LogP) is 2.89. The Hall–Kier alpha value is -2.11. The van der Waals surface area contributed by atoms with Crippen LogP contribution in [0.4, 0.5) is 5.69 Å². The number of phenolic OH excluding ortho intramolecular Hbond substituents is 1. The second-order valence-corrected chi connectivity index (χ2v) is 5.41. The zero-order valence-electron chi connectivity index (χ0n) is 11.2. The van der Waals surface area contributed by atoms with Crippen LogP contribution in [0.1, 0.15) is 37.6 Å². The van der Waals surface area contributed by atoms with Crippen LogP contribution in [0.3, 0.4) is 0 Å². The van der Waals surface area contributed by atoms with Gasteiger partial charge in [0.25, 0.3) is 5.69 Å². The average molecular weight is 267 g/mol. The van der Waals surface area contributed by atoms with Crippen molar-refractivity contribution in [2.75, 3.05) is 6.61 Å². The number of nitrogens with zero attached hydrogens (tertiary/aromatic N) is 1. The molecule has 0 atom stereocenters. The van der Waals surface area contributed by atoms with Crippen LogP contribution in [-0.4, -0.2) is 22.6 Å². The van der Waals surface area contributed by atoms with E-state index in [-0.39, 0.29) is 29.0 Å². The summed E-state index contributed by atoms with van der Waals surface area (Å²) in [6, 6.07) is 3.24. The molecule has 0 heterocycles. The Balaban J connectivity index is 2.76. The van der Waals surface area contributed by atoms with E-state index in [0.29, 0.717) is 6.42 Å². The van der Waals surface area contributed by atoms with Gasteiger partial charge in [-0.15, -0.1) is 0 Å². The largest absolute Gasteiger partial charge is 0.507 e. The van der Waals surface area contributed by atoms with E-state index in [1.165, 1.54) is 0 Å². The van der Waals surface area contributed by atoms with Gasteiger partial charge in [0.05, 0.1) is 11.5 Å². The summed E-state index contributed by atoms with van der Waals surface area (Å²) in [5.74, 6) is -1.09. The number of nitro benzene ring substituents is 1. The lowest BCUT2D eigenvalue weighted by Gasteiger charge is -2.17. The second-order valence-electron chi connectivity index (χ2n) is 5.41. The summed E-state index contributed by atoms with van der Waals surface area (Å²) in [6.07, 6.45) is 0.661. The molecule has 0 aliphatic carbocycles. The monoisotopic (exact) mass is 267 g/mol. The Morgan fingerprint density at radius 1 is 1.42 bits per heavy atom. The summed E-state index contributed by atoms with van der Waals surface area (Å²) < 4.78 is 5.00. The van der Waals surface area contributed by atoms with Crippen molar-refractivity contribution in [1.29, 1.82) is 0 Å². The lowest BCUT2D eigenvalue weighted by atomic mass is 9.93. The standard InChI is InChI=1S/C13H17NO5/c1-13(2,3)6-7-19-12(16)10-8-9(14(17)18)4-5-11(10)15/h4-5,8,15H,6-7H2,1-3H3. The molecule has 0 aliphatic heterocycles. The number of rotatable bonds is 4. The molecule has 0 bridgehead atoms. The highest BCUT2D eigenvalue weighted by molar-refractivity contribution is 5.93. The number of ether oxygens (including phenoxy) is 1. The molecule has 0 aliphatic rings. The lowest BCUT2D eigenvalue weighted by Crippen LogP contribution is -2.13.